The molecule has 0 fully saturated rings. The van der Waals surface area contributed by atoms with Gasteiger partial charge in [0.15, 0.2) is 0 Å². The van der Waals surface area contributed by atoms with Crippen LogP contribution in [0.5, 0.6) is 0 Å². The van der Waals surface area contributed by atoms with Crippen LogP contribution in [0.1, 0.15) is 12.8 Å². The monoisotopic (exact) mass is 182 g/mol. The van der Waals surface area contributed by atoms with E-state index in [0.717, 1.165) is 18.7 Å². The van der Waals surface area contributed by atoms with Crippen molar-refractivity contribution in [2.45, 2.75) is 12.8 Å². The third kappa shape index (κ3) is 3.71. The Hall–Kier alpha value is -1.36. The highest BCUT2D eigenvalue weighted by molar-refractivity contribution is 5.90. The number of H-pyrrole nitrogens is 1. The van der Waals surface area contributed by atoms with Gasteiger partial charge in [0.2, 0.25) is 5.91 Å². The first-order valence-corrected chi connectivity index (χ1v) is 4.26. The maximum absolute atomic E-state index is 11.2. The number of aromatic nitrogens is 2. The first-order chi connectivity index (χ1) is 6.33. The van der Waals surface area contributed by atoms with Gasteiger partial charge in [0, 0.05) is 12.6 Å². The zero-order valence-electron chi connectivity index (χ0n) is 7.63. The average Bonchev–Trinajstić information content (AvgIpc) is 2.57. The third-order valence-corrected chi connectivity index (χ3v) is 1.61. The summed E-state index contributed by atoms with van der Waals surface area (Å²) in [6.07, 6.45) is 4.61. The molecule has 72 valence electrons. The quantitative estimate of drug-likeness (QED) is 0.575. The van der Waals surface area contributed by atoms with Crippen LogP contribution in [0.15, 0.2) is 12.4 Å². The van der Waals surface area contributed by atoms with Crippen LogP contribution in [0, 0.1) is 0 Å². The summed E-state index contributed by atoms with van der Waals surface area (Å²) in [6.45, 7) is 0.860. The Morgan fingerprint density at radius 3 is 3.15 bits per heavy atom. The van der Waals surface area contributed by atoms with Crippen molar-refractivity contribution in [1.29, 1.82) is 0 Å². The zero-order chi connectivity index (χ0) is 9.52. The number of carbonyl (C=O) groups is 1. The molecule has 1 aromatic heterocycles. The van der Waals surface area contributed by atoms with Crippen molar-refractivity contribution in [1.82, 2.24) is 15.5 Å². The molecule has 0 saturated heterocycles. The number of aromatic amines is 1. The van der Waals surface area contributed by atoms with Crippen molar-refractivity contribution < 1.29 is 4.79 Å². The summed E-state index contributed by atoms with van der Waals surface area (Å²) < 4.78 is 0. The van der Waals surface area contributed by atoms with Crippen molar-refractivity contribution >= 4 is 11.6 Å². The Balaban J connectivity index is 2.18. The summed E-state index contributed by atoms with van der Waals surface area (Å²) in [5.74, 6) is 0.0247. The van der Waals surface area contributed by atoms with Crippen LogP contribution < -0.4 is 10.6 Å². The Morgan fingerprint density at radius 1 is 1.69 bits per heavy atom. The van der Waals surface area contributed by atoms with Gasteiger partial charge in [-0.15, -0.1) is 0 Å². The molecule has 0 spiro atoms. The summed E-state index contributed by atoms with van der Waals surface area (Å²) in [6, 6.07) is 0. The molecule has 13 heavy (non-hydrogen) atoms. The molecule has 0 atom stereocenters. The van der Waals surface area contributed by atoms with E-state index in [4.69, 9.17) is 0 Å². The van der Waals surface area contributed by atoms with Crippen LogP contribution in [-0.4, -0.2) is 29.7 Å². The van der Waals surface area contributed by atoms with Gasteiger partial charge in [-0.1, -0.05) is 0 Å². The van der Waals surface area contributed by atoms with E-state index >= 15 is 0 Å². The molecule has 0 saturated carbocycles. The van der Waals surface area contributed by atoms with Crippen molar-refractivity contribution in [2.75, 3.05) is 18.9 Å². The second-order valence-corrected chi connectivity index (χ2v) is 2.74. The molecule has 1 rings (SSSR count). The number of amides is 1. The molecule has 0 radical (unpaired) electrons. The largest absolute Gasteiger partial charge is 0.323 e. The molecular formula is C8H14N4O. The third-order valence-electron chi connectivity index (χ3n) is 1.61. The maximum atomic E-state index is 11.2. The minimum absolute atomic E-state index is 0.0247. The number of rotatable bonds is 5. The van der Waals surface area contributed by atoms with Crippen molar-refractivity contribution in [3.8, 4) is 0 Å². The minimum atomic E-state index is 0.0247. The number of nitrogens with zero attached hydrogens (tertiary/aromatic N) is 1. The van der Waals surface area contributed by atoms with Gasteiger partial charge in [-0.3, -0.25) is 9.89 Å². The Labute approximate surface area is 76.9 Å². The lowest BCUT2D eigenvalue weighted by Crippen LogP contribution is -2.14. The van der Waals surface area contributed by atoms with Crippen LogP contribution in [0.2, 0.25) is 0 Å². The van der Waals surface area contributed by atoms with E-state index in [1.54, 1.807) is 12.4 Å². The van der Waals surface area contributed by atoms with Gasteiger partial charge < -0.3 is 10.6 Å². The minimum Gasteiger partial charge on any atom is -0.323 e. The molecule has 3 N–H and O–H groups in total. The molecule has 1 amide bonds. The second kappa shape index (κ2) is 5.31. The predicted octanol–water partition coefficient (Wildman–Crippen LogP) is 0.348. The van der Waals surface area contributed by atoms with Crippen LogP contribution >= 0.6 is 0 Å². The van der Waals surface area contributed by atoms with Gasteiger partial charge in [-0.25, -0.2) is 0 Å². The first-order valence-electron chi connectivity index (χ1n) is 4.26. The summed E-state index contributed by atoms with van der Waals surface area (Å²) in [5.41, 5.74) is 0.717. The molecule has 1 aromatic rings. The normalized spacial score (nSPS) is 9.92. The van der Waals surface area contributed by atoms with E-state index in [0.29, 0.717) is 6.42 Å². The van der Waals surface area contributed by atoms with E-state index in [9.17, 15) is 4.79 Å². The van der Waals surface area contributed by atoms with E-state index in [-0.39, 0.29) is 5.91 Å². The lowest BCUT2D eigenvalue weighted by Gasteiger charge is -2.01. The summed E-state index contributed by atoms with van der Waals surface area (Å²) in [5, 5.41) is 12.0. The van der Waals surface area contributed by atoms with Crippen LogP contribution in [0.3, 0.4) is 0 Å². The second-order valence-electron chi connectivity index (χ2n) is 2.74. The van der Waals surface area contributed by atoms with E-state index < -0.39 is 0 Å². The SMILES string of the molecule is CNCCCC(=O)Nc1cn[nH]c1. The van der Waals surface area contributed by atoms with E-state index in [1.165, 1.54) is 0 Å². The van der Waals surface area contributed by atoms with Gasteiger partial charge in [-0.05, 0) is 20.0 Å². The molecule has 0 bridgehead atoms. The lowest BCUT2D eigenvalue weighted by atomic mass is 10.3. The van der Waals surface area contributed by atoms with Crippen LogP contribution in [-0.2, 0) is 4.79 Å². The van der Waals surface area contributed by atoms with Gasteiger partial charge in [-0.2, -0.15) is 5.10 Å². The Bertz CT molecular complexity index is 245. The van der Waals surface area contributed by atoms with Crippen LogP contribution in [0.4, 0.5) is 5.69 Å². The fraction of sp³-hybridized carbons (Fsp3) is 0.500. The summed E-state index contributed by atoms with van der Waals surface area (Å²) in [7, 11) is 1.87. The highest BCUT2D eigenvalue weighted by Gasteiger charge is 2.01. The summed E-state index contributed by atoms with van der Waals surface area (Å²) in [4.78, 5) is 11.2. The number of hydrogen-bond donors (Lipinski definition) is 3. The van der Waals surface area contributed by atoms with Crippen molar-refractivity contribution in [3.63, 3.8) is 0 Å². The molecule has 0 unspecified atom stereocenters. The topological polar surface area (TPSA) is 69.8 Å². The number of carbonyl (C=O) groups excluding carboxylic acids is 1. The van der Waals surface area contributed by atoms with Gasteiger partial charge in [0.05, 0.1) is 11.9 Å². The number of anilines is 1. The Kier molecular flexibility index (Phi) is 3.98. The zero-order valence-corrected chi connectivity index (χ0v) is 7.63. The molecule has 0 aliphatic rings. The van der Waals surface area contributed by atoms with Crippen molar-refractivity contribution in [3.05, 3.63) is 12.4 Å². The van der Waals surface area contributed by atoms with Crippen molar-refractivity contribution in [2.24, 2.45) is 0 Å². The lowest BCUT2D eigenvalue weighted by molar-refractivity contribution is -0.116. The number of nitrogens with one attached hydrogen (secondary N) is 3. The molecule has 0 aromatic carbocycles. The van der Waals surface area contributed by atoms with Gasteiger partial charge in [0.25, 0.3) is 0 Å². The molecule has 0 aliphatic heterocycles. The Morgan fingerprint density at radius 2 is 2.54 bits per heavy atom. The molecule has 1 heterocycles. The number of hydrogen-bond acceptors (Lipinski definition) is 3. The standard InChI is InChI=1S/C8H14N4O/c1-9-4-2-3-8(13)12-7-5-10-11-6-7/h5-6,9H,2-4H2,1H3,(H,10,11)(H,12,13). The fourth-order valence-corrected chi connectivity index (χ4v) is 0.968. The average molecular weight is 182 g/mol. The smallest absolute Gasteiger partial charge is 0.224 e. The van der Waals surface area contributed by atoms with Gasteiger partial charge in [0.1, 0.15) is 0 Å². The molecule has 0 aliphatic carbocycles. The fourth-order valence-electron chi connectivity index (χ4n) is 0.968. The maximum Gasteiger partial charge on any atom is 0.224 e. The van der Waals surface area contributed by atoms with Crippen LogP contribution in [0.25, 0.3) is 0 Å². The molecule has 5 heteroatoms. The van der Waals surface area contributed by atoms with Gasteiger partial charge >= 0.3 is 0 Å². The molecule has 5 nitrogen and oxygen atoms in total. The van der Waals surface area contributed by atoms with E-state index in [2.05, 4.69) is 20.8 Å². The van der Waals surface area contributed by atoms with E-state index in [1.807, 2.05) is 7.05 Å². The highest BCUT2D eigenvalue weighted by Crippen LogP contribution is 2.02. The molecular weight excluding hydrogens is 168 g/mol. The summed E-state index contributed by atoms with van der Waals surface area (Å²) >= 11 is 0. The predicted molar refractivity (Wildman–Crippen MR) is 50.4 cm³/mol. The first kappa shape index (κ1) is 9.73. The highest BCUT2D eigenvalue weighted by atomic mass is 16.1.